The van der Waals surface area contributed by atoms with E-state index in [4.69, 9.17) is 14.2 Å². The van der Waals surface area contributed by atoms with Crippen molar-refractivity contribution in [1.82, 2.24) is 0 Å². The Hall–Kier alpha value is -1.06. The van der Waals surface area contributed by atoms with Crippen molar-refractivity contribution >= 4 is 0 Å². The molecule has 0 unspecified atom stereocenters. The highest BCUT2D eigenvalue weighted by molar-refractivity contribution is 5.43. The Balaban J connectivity index is 3.09. The number of hydrogen-bond acceptors (Lipinski definition) is 3. The van der Waals surface area contributed by atoms with Crippen LogP contribution >= 0.6 is 0 Å². The van der Waals surface area contributed by atoms with E-state index in [2.05, 4.69) is 59.7 Å². The minimum atomic E-state index is -0.347. The van der Waals surface area contributed by atoms with Crippen molar-refractivity contribution in [2.24, 2.45) is 0 Å². The third kappa shape index (κ3) is 5.01. The highest BCUT2D eigenvalue weighted by Gasteiger charge is 2.23. The summed E-state index contributed by atoms with van der Waals surface area (Å²) in [6.45, 7) is 13.7. The molecule has 3 heteroatoms. The van der Waals surface area contributed by atoms with Crippen molar-refractivity contribution in [1.29, 1.82) is 0 Å². The van der Waals surface area contributed by atoms with Crippen molar-refractivity contribution in [2.45, 2.75) is 58.7 Å². The van der Waals surface area contributed by atoms with Crippen LogP contribution < -0.4 is 4.74 Å². The molecule has 0 N–H and O–H groups in total. The maximum absolute atomic E-state index is 5.93. The summed E-state index contributed by atoms with van der Waals surface area (Å²) in [7, 11) is 3.23. The zero-order valence-electron chi connectivity index (χ0n) is 14.7. The Morgan fingerprint density at radius 3 is 1.90 bits per heavy atom. The van der Waals surface area contributed by atoms with E-state index in [9.17, 15) is 0 Å². The normalized spacial score (nSPS) is 12.8. The molecule has 0 atom stereocenters. The average molecular weight is 294 g/mol. The SMILES string of the molecule is COC(COc1ccc(C(C)(C)C)cc1C(C)(C)C)OC. The second kappa shape index (κ2) is 6.80. The zero-order chi connectivity index (χ0) is 16.3. The largest absolute Gasteiger partial charge is 0.488 e. The highest BCUT2D eigenvalue weighted by atomic mass is 16.7. The lowest BCUT2D eigenvalue weighted by Gasteiger charge is -2.27. The maximum atomic E-state index is 5.93. The minimum Gasteiger partial charge on any atom is -0.488 e. The first kappa shape index (κ1) is 18.0. The number of hydrogen-bond donors (Lipinski definition) is 0. The van der Waals surface area contributed by atoms with Gasteiger partial charge in [0.1, 0.15) is 12.4 Å². The molecule has 0 amide bonds. The second-order valence-electron chi connectivity index (χ2n) is 7.42. The van der Waals surface area contributed by atoms with Crippen LogP contribution in [0.15, 0.2) is 18.2 Å². The van der Waals surface area contributed by atoms with Gasteiger partial charge in [0, 0.05) is 14.2 Å². The lowest BCUT2D eigenvalue weighted by atomic mass is 9.80. The quantitative estimate of drug-likeness (QED) is 0.759. The van der Waals surface area contributed by atoms with E-state index in [1.54, 1.807) is 14.2 Å². The third-order valence-corrected chi connectivity index (χ3v) is 3.55. The monoisotopic (exact) mass is 294 g/mol. The van der Waals surface area contributed by atoms with Gasteiger partial charge in [0.25, 0.3) is 0 Å². The molecule has 0 aliphatic heterocycles. The summed E-state index contributed by atoms with van der Waals surface area (Å²) in [6, 6.07) is 6.45. The fourth-order valence-electron chi connectivity index (χ4n) is 2.10. The molecule has 1 aromatic carbocycles. The molecule has 3 nitrogen and oxygen atoms in total. The van der Waals surface area contributed by atoms with Crippen molar-refractivity contribution < 1.29 is 14.2 Å². The Kier molecular flexibility index (Phi) is 5.83. The molecule has 0 radical (unpaired) electrons. The van der Waals surface area contributed by atoms with Crippen molar-refractivity contribution in [3.63, 3.8) is 0 Å². The summed E-state index contributed by atoms with van der Waals surface area (Å²) in [6.07, 6.45) is -0.347. The first-order chi connectivity index (χ1) is 9.59. The molecule has 21 heavy (non-hydrogen) atoms. The molecular weight excluding hydrogens is 264 g/mol. The van der Waals surface area contributed by atoms with Gasteiger partial charge in [0.15, 0.2) is 6.29 Å². The number of ether oxygens (including phenoxy) is 3. The predicted molar refractivity (Wildman–Crippen MR) is 87.1 cm³/mol. The van der Waals surface area contributed by atoms with Gasteiger partial charge < -0.3 is 14.2 Å². The summed E-state index contributed by atoms with van der Waals surface area (Å²) in [5.41, 5.74) is 2.67. The van der Waals surface area contributed by atoms with Gasteiger partial charge in [-0.1, -0.05) is 53.7 Å². The van der Waals surface area contributed by atoms with E-state index in [1.165, 1.54) is 11.1 Å². The first-order valence-electron chi connectivity index (χ1n) is 7.43. The first-order valence-corrected chi connectivity index (χ1v) is 7.43. The average Bonchev–Trinajstić information content (AvgIpc) is 2.37. The van der Waals surface area contributed by atoms with Crippen molar-refractivity contribution in [3.05, 3.63) is 29.3 Å². The molecule has 0 spiro atoms. The number of rotatable bonds is 5. The summed E-state index contributed by atoms with van der Waals surface area (Å²) < 4.78 is 16.3. The van der Waals surface area contributed by atoms with Gasteiger partial charge >= 0.3 is 0 Å². The van der Waals surface area contributed by atoms with Crippen LogP contribution in [0.3, 0.4) is 0 Å². The lowest BCUT2D eigenvalue weighted by Crippen LogP contribution is -2.24. The van der Waals surface area contributed by atoms with E-state index in [0.29, 0.717) is 6.61 Å². The summed E-state index contributed by atoms with van der Waals surface area (Å²) >= 11 is 0. The Labute approximate surface area is 129 Å². The van der Waals surface area contributed by atoms with Crippen LogP contribution in [0.4, 0.5) is 0 Å². The van der Waals surface area contributed by atoms with Gasteiger partial charge in [-0.05, 0) is 28.0 Å². The molecule has 0 saturated heterocycles. The van der Waals surface area contributed by atoms with Gasteiger partial charge in [-0.25, -0.2) is 0 Å². The molecule has 0 fully saturated rings. The number of benzene rings is 1. The topological polar surface area (TPSA) is 27.7 Å². The van der Waals surface area contributed by atoms with Crippen LogP contribution in [0.2, 0.25) is 0 Å². The van der Waals surface area contributed by atoms with E-state index in [-0.39, 0.29) is 17.1 Å². The standard InChI is InChI=1S/C18H30O3/c1-17(2,3)13-9-10-15(14(11-13)18(4,5)6)21-12-16(19-7)20-8/h9-11,16H,12H2,1-8H3. The van der Waals surface area contributed by atoms with Crippen LogP contribution in [0.1, 0.15) is 52.7 Å². The summed E-state index contributed by atoms with van der Waals surface area (Å²) in [5, 5.41) is 0. The van der Waals surface area contributed by atoms with Gasteiger partial charge in [-0.2, -0.15) is 0 Å². The summed E-state index contributed by atoms with van der Waals surface area (Å²) in [5.74, 6) is 0.898. The zero-order valence-corrected chi connectivity index (χ0v) is 14.7. The van der Waals surface area contributed by atoms with E-state index >= 15 is 0 Å². The molecule has 0 aromatic heterocycles. The van der Waals surface area contributed by atoms with Gasteiger partial charge in [0.2, 0.25) is 0 Å². The molecule has 120 valence electrons. The van der Waals surface area contributed by atoms with Gasteiger partial charge in [0.05, 0.1) is 0 Å². The molecule has 0 bridgehead atoms. The molecule has 0 aliphatic rings. The molecule has 0 heterocycles. The molecule has 0 aliphatic carbocycles. The van der Waals surface area contributed by atoms with Crippen LogP contribution in [0.5, 0.6) is 5.75 Å². The smallest absolute Gasteiger partial charge is 0.191 e. The Morgan fingerprint density at radius 1 is 0.905 bits per heavy atom. The fraction of sp³-hybridized carbons (Fsp3) is 0.667. The van der Waals surface area contributed by atoms with Gasteiger partial charge in [-0.15, -0.1) is 0 Å². The molecule has 0 saturated carbocycles. The second-order valence-corrected chi connectivity index (χ2v) is 7.42. The summed E-state index contributed by atoms with van der Waals surface area (Å²) in [4.78, 5) is 0. The fourth-order valence-corrected chi connectivity index (χ4v) is 2.10. The third-order valence-electron chi connectivity index (χ3n) is 3.55. The van der Waals surface area contributed by atoms with Crippen LogP contribution in [0.25, 0.3) is 0 Å². The Morgan fingerprint density at radius 2 is 1.48 bits per heavy atom. The van der Waals surface area contributed by atoms with Crippen molar-refractivity contribution in [2.75, 3.05) is 20.8 Å². The van der Waals surface area contributed by atoms with E-state index < -0.39 is 0 Å². The lowest BCUT2D eigenvalue weighted by molar-refractivity contribution is -0.122. The van der Waals surface area contributed by atoms with E-state index in [0.717, 1.165) is 5.75 Å². The molecular formula is C18H30O3. The number of methoxy groups -OCH3 is 2. The highest BCUT2D eigenvalue weighted by Crippen LogP contribution is 2.35. The molecule has 1 rings (SSSR count). The van der Waals surface area contributed by atoms with Crippen LogP contribution in [0, 0.1) is 0 Å². The Bertz CT molecular complexity index is 449. The minimum absolute atomic E-state index is 0.0201. The molecule has 1 aromatic rings. The van der Waals surface area contributed by atoms with E-state index in [1.807, 2.05) is 0 Å². The van der Waals surface area contributed by atoms with Gasteiger partial charge in [-0.3, -0.25) is 0 Å². The predicted octanol–water partition coefficient (Wildman–Crippen LogP) is 4.28. The van der Waals surface area contributed by atoms with Crippen LogP contribution in [-0.4, -0.2) is 27.1 Å². The van der Waals surface area contributed by atoms with Crippen molar-refractivity contribution in [3.8, 4) is 5.75 Å². The van der Waals surface area contributed by atoms with Crippen LogP contribution in [-0.2, 0) is 20.3 Å². The maximum Gasteiger partial charge on any atom is 0.191 e.